The average molecular weight is 417 g/mol. The van der Waals surface area contributed by atoms with Gasteiger partial charge in [0, 0.05) is 0 Å². The number of carbonyl (C=O) groups is 2. The maximum absolute atomic E-state index is 11.7. The lowest BCUT2D eigenvalue weighted by atomic mass is 10.1. The van der Waals surface area contributed by atoms with Gasteiger partial charge in [-0.05, 0) is 36.7 Å². The van der Waals surface area contributed by atoms with Crippen LogP contribution in [0.25, 0.3) is 0 Å². The Morgan fingerprint density at radius 3 is 1.89 bits per heavy atom. The summed E-state index contributed by atoms with van der Waals surface area (Å²) in [5.74, 6) is -1.32. The van der Waals surface area contributed by atoms with Gasteiger partial charge in [-0.1, -0.05) is 75.5 Å². The van der Waals surface area contributed by atoms with E-state index in [1.807, 2.05) is 0 Å². The lowest BCUT2D eigenvalue weighted by Crippen LogP contribution is -2.36. The van der Waals surface area contributed by atoms with Crippen LogP contribution in [0.3, 0.4) is 0 Å². The first-order valence-corrected chi connectivity index (χ1v) is 12.0. The topological polar surface area (TPSA) is 104 Å². The van der Waals surface area contributed by atoms with Crippen molar-refractivity contribution in [3.8, 4) is 0 Å². The van der Waals surface area contributed by atoms with Crippen LogP contribution in [-0.4, -0.2) is 34.4 Å². The van der Waals surface area contributed by atoms with Crippen LogP contribution in [-0.2, 0) is 14.2 Å². The third-order valence-corrected chi connectivity index (χ3v) is 5.86. The molecule has 0 aromatic rings. The molecule has 0 aromatic carbocycles. The van der Waals surface area contributed by atoms with Gasteiger partial charge in [0.15, 0.2) is 6.04 Å². The Bertz CT molecular complexity index is 468. The Hall–Kier alpha value is -1.10. The van der Waals surface area contributed by atoms with Gasteiger partial charge in [-0.3, -0.25) is 4.79 Å². The molecule has 0 fully saturated rings. The molecular formula is C21H39NO5P+. The molecule has 28 heavy (non-hydrogen) atoms. The number of carbonyl (C=O) groups excluding carboxylic acids is 1. The van der Waals surface area contributed by atoms with Crippen molar-refractivity contribution in [2.24, 2.45) is 0 Å². The summed E-state index contributed by atoms with van der Waals surface area (Å²) in [5.41, 5.74) is -0.479. The molecule has 6 nitrogen and oxygen atoms in total. The van der Waals surface area contributed by atoms with Gasteiger partial charge in [0.1, 0.15) is 0 Å². The number of nitrogens with one attached hydrogen (secondary N) is 1. The smallest absolute Gasteiger partial charge is 0.480 e. The fourth-order valence-corrected chi connectivity index (χ4v) is 3.82. The second-order valence-corrected chi connectivity index (χ2v) is 8.57. The van der Waals surface area contributed by atoms with Gasteiger partial charge >= 0.3 is 19.4 Å². The molecule has 0 saturated carbocycles. The fraction of sp³-hybridized carbons (Fsp3) is 0.810. The largest absolute Gasteiger partial charge is 0.510 e. The maximum atomic E-state index is 11.7. The summed E-state index contributed by atoms with van der Waals surface area (Å²) in [5, 5.41) is 19.8. The molecule has 0 saturated heterocycles. The van der Waals surface area contributed by atoms with Crippen LogP contribution in [0.1, 0.15) is 96.8 Å². The first-order valence-electron chi connectivity index (χ1n) is 10.8. The van der Waals surface area contributed by atoms with Crippen molar-refractivity contribution in [2.75, 3.05) is 6.61 Å². The van der Waals surface area contributed by atoms with Crippen molar-refractivity contribution >= 4 is 19.4 Å². The lowest BCUT2D eigenvalue weighted by molar-refractivity contribution is -0.139. The number of hydrogen-bond donors (Lipinski definition) is 3. The Kier molecular flexibility index (Phi) is 18.5. The van der Waals surface area contributed by atoms with Gasteiger partial charge < -0.3 is 10.2 Å². The van der Waals surface area contributed by atoms with Crippen LogP contribution in [0, 0.1) is 0 Å². The van der Waals surface area contributed by atoms with E-state index >= 15 is 0 Å². The van der Waals surface area contributed by atoms with Gasteiger partial charge in [0.2, 0.25) is 0 Å². The summed E-state index contributed by atoms with van der Waals surface area (Å²) in [6, 6.07) is -1.36. The monoisotopic (exact) mass is 416 g/mol. The molecule has 0 aliphatic carbocycles. The van der Waals surface area contributed by atoms with Crippen LogP contribution in [0.4, 0.5) is 0 Å². The zero-order chi connectivity index (χ0) is 21.0. The van der Waals surface area contributed by atoms with Crippen LogP contribution < -0.4 is 5.09 Å². The molecular weight excluding hydrogens is 377 g/mol. The summed E-state index contributed by atoms with van der Waals surface area (Å²) < 4.78 is 11.7. The third kappa shape index (κ3) is 15.9. The van der Waals surface area contributed by atoms with Gasteiger partial charge in [-0.2, -0.15) is 0 Å². The second-order valence-electron chi connectivity index (χ2n) is 7.22. The predicted molar refractivity (Wildman–Crippen MR) is 114 cm³/mol. The number of aliphatic carboxylic acids is 1. The quantitative estimate of drug-likeness (QED) is 0.141. The first kappa shape index (κ1) is 26.9. The van der Waals surface area contributed by atoms with Crippen molar-refractivity contribution in [3.63, 3.8) is 0 Å². The molecule has 0 amide bonds. The van der Waals surface area contributed by atoms with E-state index < -0.39 is 32.1 Å². The number of hydrogen-bond acceptors (Lipinski definition) is 4. The normalized spacial score (nSPS) is 13.0. The highest BCUT2D eigenvalue weighted by Crippen LogP contribution is 2.21. The third-order valence-electron chi connectivity index (χ3n) is 4.63. The predicted octanol–water partition coefficient (Wildman–Crippen LogP) is 5.33. The van der Waals surface area contributed by atoms with E-state index in [9.17, 15) is 14.2 Å². The van der Waals surface area contributed by atoms with Crippen LogP contribution in [0.5, 0.6) is 0 Å². The number of aliphatic hydroxyl groups excluding tert-OH is 1. The van der Waals surface area contributed by atoms with Gasteiger partial charge in [0.05, 0.1) is 13.0 Å². The molecule has 0 aromatic heterocycles. The van der Waals surface area contributed by atoms with Gasteiger partial charge in [0.25, 0.3) is 0 Å². The molecule has 3 N–H and O–H groups in total. The van der Waals surface area contributed by atoms with E-state index in [1.54, 1.807) is 0 Å². The minimum absolute atomic E-state index is 0.179. The highest BCUT2D eigenvalue weighted by Gasteiger charge is 2.33. The highest BCUT2D eigenvalue weighted by atomic mass is 31.1. The van der Waals surface area contributed by atoms with E-state index in [1.165, 1.54) is 44.9 Å². The zero-order valence-electron chi connectivity index (χ0n) is 17.4. The van der Waals surface area contributed by atoms with Crippen LogP contribution >= 0.6 is 7.95 Å². The van der Waals surface area contributed by atoms with Gasteiger partial charge in [-0.25, -0.2) is 4.79 Å². The molecule has 0 bridgehead atoms. The number of carboxylic acid groups (broad SMARTS) is 1. The van der Waals surface area contributed by atoms with E-state index in [-0.39, 0.29) is 6.42 Å². The minimum Gasteiger partial charge on any atom is -0.480 e. The summed E-state index contributed by atoms with van der Waals surface area (Å²) in [7, 11) is -2.45. The Morgan fingerprint density at radius 2 is 1.39 bits per heavy atom. The van der Waals surface area contributed by atoms with Crippen molar-refractivity contribution in [1.82, 2.24) is 5.09 Å². The summed E-state index contributed by atoms with van der Waals surface area (Å²) in [4.78, 5) is 22.5. The number of aliphatic hydroxyl groups is 1. The second kappa shape index (κ2) is 19.2. The highest BCUT2D eigenvalue weighted by molar-refractivity contribution is 7.61. The standard InChI is InChI=1S/C21H38NO5P/c1-2-3-4-5-6-7-8-9-10-11-12-13-14-15-16-17-20(24)28(27)22-19(18-23)21(25)26/h9-10,19,23H,2-8,11-18H2,1H3,(H-,22,25,26,27)/p+1/b10-9+/t19-/m0/s1. The van der Waals surface area contributed by atoms with E-state index in [0.29, 0.717) is 6.42 Å². The molecule has 0 aliphatic heterocycles. The Labute approximate surface area is 171 Å². The SMILES string of the molecule is CCCCCCCC/C=C/CCCCCCCC(=O)[P+](=O)N[C@@H](CO)C(=O)O. The summed E-state index contributed by atoms with van der Waals surface area (Å²) >= 11 is 0. The number of rotatable bonds is 20. The number of allylic oxidation sites excluding steroid dienone is 2. The van der Waals surface area contributed by atoms with E-state index in [0.717, 1.165) is 32.1 Å². The van der Waals surface area contributed by atoms with Crippen molar-refractivity contribution in [3.05, 3.63) is 12.2 Å². The minimum atomic E-state index is -2.45. The van der Waals surface area contributed by atoms with E-state index in [2.05, 4.69) is 24.2 Å². The van der Waals surface area contributed by atoms with Crippen molar-refractivity contribution < 1.29 is 24.4 Å². The lowest BCUT2D eigenvalue weighted by Gasteiger charge is -2.02. The summed E-state index contributed by atoms with van der Waals surface area (Å²) in [6.45, 7) is 1.54. The molecule has 162 valence electrons. The first-order chi connectivity index (χ1) is 13.5. The van der Waals surface area contributed by atoms with E-state index in [4.69, 9.17) is 10.2 Å². The molecule has 0 rings (SSSR count). The molecule has 0 heterocycles. The average Bonchev–Trinajstić information content (AvgIpc) is 2.68. The molecule has 0 spiro atoms. The molecule has 0 aliphatic rings. The number of carboxylic acids is 1. The maximum Gasteiger partial charge on any atom is 0.510 e. The molecule has 0 radical (unpaired) electrons. The van der Waals surface area contributed by atoms with Crippen molar-refractivity contribution in [2.45, 2.75) is 103 Å². The summed E-state index contributed by atoms with van der Waals surface area (Å²) in [6.07, 6.45) is 19.9. The van der Waals surface area contributed by atoms with Gasteiger partial charge in [-0.15, -0.1) is 0 Å². The molecule has 2 atom stereocenters. The van der Waals surface area contributed by atoms with Crippen LogP contribution in [0.2, 0.25) is 0 Å². The fourth-order valence-electron chi connectivity index (χ4n) is 2.84. The van der Waals surface area contributed by atoms with Crippen molar-refractivity contribution in [1.29, 1.82) is 0 Å². The van der Waals surface area contributed by atoms with Crippen LogP contribution in [0.15, 0.2) is 12.2 Å². The Balaban J connectivity index is 3.51. The number of unbranched alkanes of at least 4 members (excludes halogenated alkanes) is 11. The molecule has 1 unspecified atom stereocenters. The molecule has 7 heteroatoms. The Morgan fingerprint density at radius 1 is 0.893 bits per heavy atom. The zero-order valence-corrected chi connectivity index (χ0v) is 18.3.